The molecule has 0 aromatic carbocycles. The molecule has 0 bridgehead atoms. The van der Waals surface area contributed by atoms with Crippen LogP contribution in [0.1, 0.15) is 66.7 Å². The second-order valence-electron chi connectivity index (χ2n) is 8.40. The van der Waals surface area contributed by atoms with E-state index in [4.69, 9.17) is 15.2 Å². The minimum atomic E-state index is -1.51. The number of nitrogens with two attached hydrogens (primary N) is 1. The van der Waals surface area contributed by atoms with Crippen molar-refractivity contribution in [1.29, 1.82) is 0 Å². The zero-order valence-electron chi connectivity index (χ0n) is 16.1. The van der Waals surface area contributed by atoms with Crippen LogP contribution >= 0.6 is 0 Å². The van der Waals surface area contributed by atoms with E-state index in [1.807, 2.05) is 0 Å². The van der Waals surface area contributed by atoms with Crippen LogP contribution in [0.3, 0.4) is 0 Å². The van der Waals surface area contributed by atoms with E-state index >= 15 is 0 Å². The highest BCUT2D eigenvalue weighted by atomic mass is 28.4. The predicted octanol–water partition coefficient (Wildman–Crippen LogP) is 5.12. The van der Waals surface area contributed by atoms with Gasteiger partial charge in [-0.1, -0.05) is 41.0 Å². The molecule has 2 aliphatic rings. The summed E-state index contributed by atoms with van der Waals surface area (Å²) >= 11 is 0. The van der Waals surface area contributed by atoms with Crippen molar-refractivity contribution in [3.63, 3.8) is 0 Å². The van der Waals surface area contributed by atoms with Gasteiger partial charge in [0.2, 0.25) is 0 Å². The third-order valence-electron chi connectivity index (χ3n) is 7.52. The summed E-state index contributed by atoms with van der Waals surface area (Å²) in [5.74, 6) is 7.40. The molecule has 23 heavy (non-hydrogen) atoms. The largest absolute Gasteiger partial charge is 0.414 e. The molecule has 2 unspecified atom stereocenters. The Balaban J connectivity index is 2.14. The van der Waals surface area contributed by atoms with Crippen molar-refractivity contribution in [3.8, 4) is 0 Å². The summed E-state index contributed by atoms with van der Waals surface area (Å²) in [6, 6.07) is 3.79. The quantitative estimate of drug-likeness (QED) is 0.492. The van der Waals surface area contributed by atoms with Gasteiger partial charge in [0.25, 0.3) is 0 Å². The van der Waals surface area contributed by atoms with Gasteiger partial charge >= 0.3 is 0 Å². The summed E-state index contributed by atoms with van der Waals surface area (Å²) in [5, 5.41) is 0. The Morgan fingerprint density at radius 2 is 1.78 bits per heavy atom. The molecule has 2 fully saturated rings. The van der Waals surface area contributed by atoms with Crippen molar-refractivity contribution in [2.24, 2.45) is 29.1 Å². The minimum Gasteiger partial charge on any atom is -0.414 e. The van der Waals surface area contributed by atoms with E-state index in [-0.39, 0.29) is 0 Å². The van der Waals surface area contributed by atoms with Crippen molar-refractivity contribution in [3.05, 3.63) is 0 Å². The van der Waals surface area contributed by atoms with E-state index in [9.17, 15) is 0 Å². The molecule has 2 saturated carbocycles. The predicted molar refractivity (Wildman–Crippen MR) is 99.5 cm³/mol. The molecule has 0 aromatic heterocycles. The molecular formula is C19H39NO2Si. The lowest BCUT2D eigenvalue weighted by Crippen LogP contribution is -2.48. The monoisotopic (exact) mass is 341 g/mol. The molecule has 2 aliphatic carbocycles. The van der Waals surface area contributed by atoms with Crippen molar-refractivity contribution >= 4 is 8.32 Å². The van der Waals surface area contributed by atoms with Crippen LogP contribution < -0.4 is 5.90 Å². The van der Waals surface area contributed by atoms with Crippen molar-refractivity contribution < 1.29 is 9.26 Å². The number of rotatable bonds is 8. The second-order valence-corrected chi connectivity index (χ2v) is 13.1. The van der Waals surface area contributed by atoms with E-state index in [2.05, 4.69) is 34.6 Å². The molecule has 0 aliphatic heterocycles. The first kappa shape index (κ1) is 19.4. The highest BCUT2D eigenvalue weighted by Gasteiger charge is 2.53. The summed E-state index contributed by atoms with van der Waals surface area (Å²) in [6.07, 6.45) is 7.13. The maximum absolute atomic E-state index is 6.98. The van der Waals surface area contributed by atoms with Gasteiger partial charge in [-0.05, 0) is 67.0 Å². The zero-order valence-corrected chi connectivity index (χ0v) is 17.1. The molecular weight excluding hydrogens is 302 g/mol. The van der Waals surface area contributed by atoms with Gasteiger partial charge in [0, 0.05) is 6.10 Å². The molecule has 4 heteroatoms. The lowest BCUT2D eigenvalue weighted by molar-refractivity contribution is -0.0315. The summed E-state index contributed by atoms with van der Waals surface area (Å²) in [4.78, 5) is 4.98. The van der Waals surface area contributed by atoms with Crippen LogP contribution in [0.25, 0.3) is 0 Å². The van der Waals surface area contributed by atoms with Gasteiger partial charge in [-0.3, -0.25) is 0 Å². The molecule has 0 aromatic rings. The van der Waals surface area contributed by atoms with Crippen LogP contribution in [0.4, 0.5) is 0 Å². The normalized spacial score (nSPS) is 36.0. The fourth-order valence-electron chi connectivity index (χ4n) is 5.82. The van der Waals surface area contributed by atoms with Crippen molar-refractivity contribution in [2.45, 2.75) is 91.0 Å². The van der Waals surface area contributed by atoms with Crippen LogP contribution in [0.2, 0.25) is 18.1 Å². The molecule has 2 N–H and O–H groups in total. The van der Waals surface area contributed by atoms with Crippen LogP contribution in [0, 0.1) is 23.2 Å². The van der Waals surface area contributed by atoms with Gasteiger partial charge in [-0.15, -0.1) is 0 Å². The van der Waals surface area contributed by atoms with E-state index in [1.165, 1.54) is 50.2 Å². The van der Waals surface area contributed by atoms with Crippen molar-refractivity contribution in [1.82, 2.24) is 0 Å². The third-order valence-corrected chi connectivity index (χ3v) is 12.2. The lowest BCUT2D eigenvalue weighted by atomic mass is 9.62. The zero-order chi connectivity index (χ0) is 17.1. The Morgan fingerprint density at radius 3 is 2.35 bits per heavy atom. The summed E-state index contributed by atoms with van der Waals surface area (Å²) in [5.41, 5.74) is 0.427. The fourth-order valence-corrected chi connectivity index (χ4v) is 8.75. The van der Waals surface area contributed by atoms with E-state index in [0.29, 0.717) is 24.0 Å². The fraction of sp³-hybridized carbons (Fsp3) is 1.00. The van der Waals surface area contributed by atoms with E-state index in [1.54, 1.807) is 0 Å². The molecule has 0 saturated heterocycles. The van der Waals surface area contributed by atoms with Crippen LogP contribution in [-0.2, 0) is 9.26 Å². The molecule has 3 nitrogen and oxygen atoms in total. The second kappa shape index (κ2) is 7.98. The van der Waals surface area contributed by atoms with Crippen molar-refractivity contribution in [2.75, 3.05) is 6.61 Å². The Morgan fingerprint density at radius 1 is 1.13 bits per heavy atom. The molecule has 136 valence electrons. The first-order valence-corrected chi connectivity index (χ1v) is 12.5. The van der Waals surface area contributed by atoms with Crippen LogP contribution in [-0.4, -0.2) is 21.0 Å². The highest BCUT2D eigenvalue weighted by Crippen LogP contribution is 2.58. The molecule has 5 atom stereocenters. The Hall–Kier alpha value is 0.0969. The maximum Gasteiger partial charge on any atom is 0.192 e. The summed E-state index contributed by atoms with van der Waals surface area (Å²) in [7, 11) is -1.51. The average Bonchev–Trinajstić information content (AvgIpc) is 2.91. The molecule has 0 heterocycles. The van der Waals surface area contributed by atoms with E-state index < -0.39 is 8.32 Å². The Labute approximate surface area is 144 Å². The topological polar surface area (TPSA) is 44.5 Å². The maximum atomic E-state index is 6.98. The highest BCUT2D eigenvalue weighted by molar-refractivity contribution is 6.73. The summed E-state index contributed by atoms with van der Waals surface area (Å²) in [6.45, 7) is 12.6. The van der Waals surface area contributed by atoms with Crippen LogP contribution in [0.15, 0.2) is 0 Å². The van der Waals surface area contributed by atoms with E-state index in [0.717, 1.165) is 11.8 Å². The van der Waals surface area contributed by atoms with Gasteiger partial charge in [-0.25, -0.2) is 5.90 Å². The molecule has 0 spiro atoms. The van der Waals surface area contributed by atoms with Gasteiger partial charge in [0.1, 0.15) is 0 Å². The number of hydrogen-bond donors (Lipinski definition) is 1. The Kier molecular flexibility index (Phi) is 6.74. The molecule has 2 rings (SSSR count). The van der Waals surface area contributed by atoms with Gasteiger partial charge in [-0.2, -0.15) is 0 Å². The van der Waals surface area contributed by atoms with Gasteiger partial charge in [0.15, 0.2) is 8.32 Å². The Bertz CT molecular complexity index is 366. The smallest absolute Gasteiger partial charge is 0.192 e. The molecule has 0 amide bonds. The van der Waals surface area contributed by atoms with Crippen LogP contribution in [0.5, 0.6) is 0 Å². The summed E-state index contributed by atoms with van der Waals surface area (Å²) < 4.78 is 6.98. The molecule has 0 radical (unpaired) electrons. The van der Waals surface area contributed by atoms with Gasteiger partial charge < -0.3 is 9.26 Å². The number of hydrogen-bond acceptors (Lipinski definition) is 3. The third kappa shape index (κ3) is 3.70. The van der Waals surface area contributed by atoms with Gasteiger partial charge in [0.05, 0.1) is 6.61 Å². The average molecular weight is 342 g/mol. The first-order chi connectivity index (χ1) is 11.0. The lowest BCUT2D eigenvalue weighted by Gasteiger charge is -2.48. The first-order valence-electron chi connectivity index (χ1n) is 9.95. The minimum absolute atomic E-state index is 0.427. The standard InChI is InChI=1S/C19H39NO2Si/c1-6-23(7-2,8-3)22-18-10-9-13-19(5)16(11-12-17(18)19)15(4)14-21-20/h15-18H,6-14,20H2,1-5H3/t15-,16?,17?,18+,19-/m1/s1. The SMILES string of the molecule is CC[Si](CC)(CC)O[C@H]1CCC[C@]2(C)C([C@H](C)CON)CCC12. The number of fused-ring (bicyclic) bond motifs is 1.